The minimum Gasteiger partial charge on any atom is -0.497 e. The van der Waals surface area contributed by atoms with Crippen LogP contribution in [-0.2, 0) is 9.53 Å². The lowest BCUT2D eigenvalue weighted by molar-refractivity contribution is -0.115. The lowest BCUT2D eigenvalue weighted by atomic mass is 10.0. The molecule has 0 aliphatic heterocycles. The summed E-state index contributed by atoms with van der Waals surface area (Å²) in [7, 11) is 1.64. The molecule has 0 fully saturated rings. The van der Waals surface area contributed by atoms with Gasteiger partial charge in [-0.15, -0.1) is 0 Å². The minimum absolute atomic E-state index is 0.0865. The van der Waals surface area contributed by atoms with Crippen molar-refractivity contribution < 1.29 is 14.3 Å². The Hall–Kier alpha value is -2.59. The summed E-state index contributed by atoms with van der Waals surface area (Å²) in [5, 5.41) is 2.99. The second kappa shape index (κ2) is 10.4. The summed E-state index contributed by atoms with van der Waals surface area (Å²) in [6.45, 7) is 5.23. The van der Waals surface area contributed by atoms with Gasteiger partial charge in [-0.05, 0) is 49.6 Å². The van der Waals surface area contributed by atoms with E-state index < -0.39 is 0 Å². The molecule has 0 aromatic heterocycles. The van der Waals surface area contributed by atoms with Crippen molar-refractivity contribution in [2.75, 3.05) is 20.3 Å². The fourth-order valence-electron chi connectivity index (χ4n) is 2.45. The highest BCUT2D eigenvalue weighted by atomic mass is 16.5. The summed E-state index contributed by atoms with van der Waals surface area (Å²) in [6.07, 6.45) is 2.89. The fraction of sp³-hybridized carbons (Fsp3) is 0.318. The van der Waals surface area contributed by atoms with Crippen LogP contribution in [0.25, 0.3) is 11.6 Å². The maximum absolute atomic E-state index is 12.7. The zero-order chi connectivity index (χ0) is 18.8. The Balaban J connectivity index is 2.11. The molecule has 0 heterocycles. The van der Waals surface area contributed by atoms with E-state index in [9.17, 15) is 4.79 Å². The third kappa shape index (κ3) is 6.37. The SMILES string of the molecule is COc1ccc(/C=C(/C(=O)NCCCOC(C)C)c2ccccc2)cc1. The van der Waals surface area contributed by atoms with Crippen molar-refractivity contribution in [3.8, 4) is 5.75 Å². The number of rotatable bonds is 9. The molecule has 0 unspecified atom stereocenters. The summed E-state index contributed by atoms with van der Waals surface area (Å²) in [5.74, 6) is 0.703. The molecule has 4 nitrogen and oxygen atoms in total. The number of nitrogens with one attached hydrogen (secondary N) is 1. The van der Waals surface area contributed by atoms with Crippen molar-refractivity contribution >= 4 is 17.6 Å². The second-order valence-corrected chi connectivity index (χ2v) is 6.23. The molecule has 0 saturated carbocycles. The first-order valence-electron chi connectivity index (χ1n) is 8.91. The van der Waals surface area contributed by atoms with Gasteiger partial charge in [0.1, 0.15) is 5.75 Å². The molecule has 2 aromatic carbocycles. The molecular formula is C22H27NO3. The van der Waals surface area contributed by atoms with E-state index in [0.29, 0.717) is 18.7 Å². The molecule has 138 valence electrons. The van der Waals surface area contributed by atoms with Crippen molar-refractivity contribution in [2.45, 2.75) is 26.4 Å². The first kappa shape index (κ1) is 19.7. The monoisotopic (exact) mass is 353 g/mol. The standard InChI is InChI=1S/C22H27NO3/c1-17(2)26-15-7-14-23-22(24)21(19-8-5-4-6-9-19)16-18-10-12-20(25-3)13-11-18/h4-6,8-13,16-17H,7,14-15H2,1-3H3,(H,23,24)/b21-16+. The maximum atomic E-state index is 12.7. The van der Waals surface area contributed by atoms with E-state index in [4.69, 9.17) is 9.47 Å². The van der Waals surface area contributed by atoms with E-state index in [1.54, 1.807) is 7.11 Å². The fourth-order valence-corrected chi connectivity index (χ4v) is 2.45. The lowest BCUT2D eigenvalue weighted by Crippen LogP contribution is -2.26. The highest BCUT2D eigenvalue weighted by molar-refractivity contribution is 6.24. The van der Waals surface area contributed by atoms with Crippen LogP contribution in [0.15, 0.2) is 54.6 Å². The first-order chi connectivity index (χ1) is 12.6. The smallest absolute Gasteiger partial charge is 0.251 e. The molecule has 0 bridgehead atoms. The summed E-state index contributed by atoms with van der Waals surface area (Å²) in [5.41, 5.74) is 2.47. The average Bonchev–Trinajstić information content (AvgIpc) is 2.66. The molecule has 26 heavy (non-hydrogen) atoms. The molecule has 0 spiro atoms. The summed E-state index contributed by atoms with van der Waals surface area (Å²) < 4.78 is 10.7. The third-order valence-electron chi connectivity index (χ3n) is 3.81. The predicted molar refractivity (Wildman–Crippen MR) is 106 cm³/mol. The van der Waals surface area contributed by atoms with Gasteiger partial charge in [-0.2, -0.15) is 0 Å². The van der Waals surface area contributed by atoms with Crippen molar-refractivity contribution in [3.05, 3.63) is 65.7 Å². The quantitative estimate of drug-likeness (QED) is 0.418. The molecule has 4 heteroatoms. The molecule has 0 aliphatic carbocycles. The molecular weight excluding hydrogens is 326 g/mol. The maximum Gasteiger partial charge on any atom is 0.251 e. The molecule has 0 atom stereocenters. The minimum atomic E-state index is -0.0865. The van der Waals surface area contributed by atoms with Crippen molar-refractivity contribution in [1.82, 2.24) is 5.32 Å². The van der Waals surface area contributed by atoms with Crippen molar-refractivity contribution in [2.24, 2.45) is 0 Å². The second-order valence-electron chi connectivity index (χ2n) is 6.23. The molecule has 2 aromatic rings. The lowest BCUT2D eigenvalue weighted by Gasteiger charge is -2.11. The molecule has 2 rings (SSSR count). The van der Waals surface area contributed by atoms with Gasteiger partial charge >= 0.3 is 0 Å². The van der Waals surface area contributed by atoms with Gasteiger partial charge < -0.3 is 14.8 Å². The summed E-state index contributed by atoms with van der Waals surface area (Å²) in [4.78, 5) is 12.7. The number of ether oxygens (including phenoxy) is 2. The predicted octanol–water partition coefficient (Wildman–Crippen LogP) is 4.17. The average molecular weight is 353 g/mol. The van der Waals surface area contributed by atoms with Crippen LogP contribution < -0.4 is 10.1 Å². The van der Waals surface area contributed by atoms with Crippen LogP contribution in [0.5, 0.6) is 5.75 Å². The van der Waals surface area contributed by atoms with Gasteiger partial charge in [-0.1, -0.05) is 42.5 Å². The number of hydrogen-bond donors (Lipinski definition) is 1. The zero-order valence-electron chi connectivity index (χ0n) is 15.7. The van der Waals surface area contributed by atoms with E-state index in [-0.39, 0.29) is 12.0 Å². The van der Waals surface area contributed by atoms with Gasteiger partial charge in [0.15, 0.2) is 0 Å². The van der Waals surface area contributed by atoms with E-state index in [0.717, 1.165) is 23.3 Å². The van der Waals surface area contributed by atoms with Crippen molar-refractivity contribution in [3.63, 3.8) is 0 Å². The normalized spacial score (nSPS) is 11.5. The Morgan fingerprint density at radius 2 is 1.77 bits per heavy atom. The van der Waals surface area contributed by atoms with Gasteiger partial charge in [0, 0.05) is 18.7 Å². The van der Waals surface area contributed by atoms with Crippen LogP contribution in [0.1, 0.15) is 31.4 Å². The number of methoxy groups -OCH3 is 1. The Labute approximate surface area is 155 Å². The number of carbonyl (C=O) groups is 1. The van der Waals surface area contributed by atoms with Crippen LogP contribution >= 0.6 is 0 Å². The van der Waals surface area contributed by atoms with E-state index in [1.165, 1.54) is 0 Å². The first-order valence-corrected chi connectivity index (χ1v) is 8.91. The third-order valence-corrected chi connectivity index (χ3v) is 3.81. The summed E-state index contributed by atoms with van der Waals surface area (Å²) >= 11 is 0. The van der Waals surface area contributed by atoms with E-state index in [2.05, 4.69) is 5.32 Å². The van der Waals surface area contributed by atoms with Crippen LogP contribution in [0.4, 0.5) is 0 Å². The van der Waals surface area contributed by atoms with Gasteiger partial charge in [0.25, 0.3) is 5.91 Å². The van der Waals surface area contributed by atoms with Crippen molar-refractivity contribution in [1.29, 1.82) is 0 Å². The molecule has 0 aliphatic rings. The van der Waals surface area contributed by atoms with Crippen LogP contribution in [-0.4, -0.2) is 32.3 Å². The number of hydrogen-bond acceptors (Lipinski definition) is 3. The van der Waals surface area contributed by atoms with E-state index >= 15 is 0 Å². The van der Waals surface area contributed by atoms with Crippen LogP contribution in [0.3, 0.4) is 0 Å². The Morgan fingerprint density at radius 3 is 2.38 bits per heavy atom. The topological polar surface area (TPSA) is 47.6 Å². The Bertz CT molecular complexity index is 706. The van der Waals surface area contributed by atoms with Gasteiger partial charge in [-0.3, -0.25) is 4.79 Å². The van der Waals surface area contributed by atoms with E-state index in [1.807, 2.05) is 74.5 Å². The Morgan fingerprint density at radius 1 is 1.08 bits per heavy atom. The van der Waals surface area contributed by atoms with Crippen LogP contribution in [0.2, 0.25) is 0 Å². The summed E-state index contributed by atoms with van der Waals surface area (Å²) in [6, 6.07) is 17.3. The van der Waals surface area contributed by atoms with Gasteiger partial charge in [0.05, 0.1) is 13.2 Å². The molecule has 1 amide bonds. The Kier molecular flexibility index (Phi) is 7.90. The molecule has 0 saturated heterocycles. The van der Waals surface area contributed by atoms with Crippen LogP contribution in [0, 0.1) is 0 Å². The number of carbonyl (C=O) groups excluding carboxylic acids is 1. The molecule has 1 N–H and O–H groups in total. The highest BCUT2D eigenvalue weighted by Crippen LogP contribution is 2.20. The largest absolute Gasteiger partial charge is 0.497 e. The number of benzene rings is 2. The van der Waals surface area contributed by atoms with Gasteiger partial charge in [-0.25, -0.2) is 0 Å². The molecule has 0 radical (unpaired) electrons. The zero-order valence-corrected chi connectivity index (χ0v) is 15.7. The van der Waals surface area contributed by atoms with Gasteiger partial charge in [0.2, 0.25) is 0 Å². The highest BCUT2D eigenvalue weighted by Gasteiger charge is 2.11. The number of amides is 1.